The van der Waals surface area contributed by atoms with E-state index in [1.807, 2.05) is 12.3 Å². The van der Waals surface area contributed by atoms with Gasteiger partial charge in [0.05, 0.1) is 5.88 Å². The van der Waals surface area contributed by atoms with Gasteiger partial charge in [-0.15, -0.1) is 11.6 Å². The number of ether oxygens (including phenoxy) is 1. The van der Waals surface area contributed by atoms with Gasteiger partial charge in [-0.3, -0.25) is 0 Å². The van der Waals surface area contributed by atoms with Gasteiger partial charge in [0.15, 0.2) is 5.65 Å². The maximum atomic E-state index is 6.10. The third kappa shape index (κ3) is 2.31. The average molecular weight is 294 g/mol. The molecule has 3 heterocycles. The number of pyridine rings is 1. The summed E-state index contributed by atoms with van der Waals surface area (Å²) in [5.74, 6) is 1.94. The van der Waals surface area contributed by atoms with Gasteiger partial charge in [0.25, 0.3) is 0 Å². The fourth-order valence-corrected chi connectivity index (χ4v) is 3.28. The van der Waals surface area contributed by atoms with Crippen molar-refractivity contribution in [2.24, 2.45) is 5.92 Å². The first-order chi connectivity index (χ1) is 9.72. The van der Waals surface area contributed by atoms with Gasteiger partial charge >= 0.3 is 0 Å². The van der Waals surface area contributed by atoms with Gasteiger partial charge < -0.3 is 9.30 Å². The predicted octanol–water partition coefficient (Wildman–Crippen LogP) is 3.47. The van der Waals surface area contributed by atoms with Crippen LogP contribution in [-0.2, 0) is 10.6 Å². The van der Waals surface area contributed by atoms with Crippen LogP contribution in [0.5, 0.6) is 0 Å². The Kier molecular flexibility index (Phi) is 3.94. The van der Waals surface area contributed by atoms with Crippen LogP contribution >= 0.6 is 11.6 Å². The molecule has 0 bridgehead atoms. The van der Waals surface area contributed by atoms with Crippen molar-refractivity contribution in [2.45, 2.75) is 38.6 Å². The van der Waals surface area contributed by atoms with E-state index in [0.29, 0.717) is 17.8 Å². The van der Waals surface area contributed by atoms with E-state index < -0.39 is 0 Å². The van der Waals surface area contributed by atoms with Crippen molar-refractivity contribution in [2.75, 3.05) is 13.2 Å². The van der Waals surface area contributed by atoms with Crippen LogP contribution in [0.1, 0.15) is 37.2 Å². The van der Waals surface area contributed by atoms with E-state index in [0.717, 1.165) is 48.6 Å². The lowest BCUT2D eigenvalue weighted by atomic mass is 9.92. The van der Waals surface area contributed by atoms with E-state index in [-0.39, 0.29) is 0 Å². The Morgan fingerprint density at radius 1 is 1.45 bits per heavy atom. The highest BCUT2D eigenvalue weighted by atomic mass is 35.5. The van der Waals surface area contributed by atoms with E-state index in [1.54, 1.807) is 0 Å². The lowest BCUT2D eigenvalue weighted by Gasteiger charge is -2.29. The van der Waals surface area contributed by atoms with E-state index in [4.69, 9.17) is 16.3 Å². The van der Waals surface area contributed by atoms with Gasteiger partial charge in [-0.05, 0) is 44.2 Å². The SMILES string of the molecule is Cc1ccnc2c1nc(CCl)n2C(C)C1CCOCC1. The highest BCUT2D eigenvalue weighted by molar-refractivity contribution is 6.16. The third-order valence-corrected chi connectivity index (χ3v) is 4.57. The monoisotopic (exact) mass is 293 g/mol. The summed E-state index contributed by atoms with van der Waals surface area (Å²) in [7, 11) is 0. The van der Waals surface area contributed by atoms with Gasteiger partial charge in [-0.25, -0.2) is 9.97 Å². The van der Waals surface area contributed by atoms with Gasteiger partial charge in [-0.1, -0.05) is 0 Å². The van der Waals surface area contributed by atoms with E-state index in [2.05, 4.69) is 28.4 Å². The lowest BCUT2D eigenvalue weighted by molar-refractivity contribution is 0.0515. The molecule has 1 aliphatic heterocycles. The Hall–Kier alpha value is -1.13. The summed E-state index contributed by atoms with van der Waals surface area (Å²) in [6, 6.07) is 2.35. The van der Waals surface area contributed by atoms with Crippen LogP contribution in [0.25, 0.3) is 11.2 Å². The van der Waals surface area contributed by atoms with Gasteiger partial charge in [-0.2, -0.15) is 0 Å². The molecule has 1 aliphatic rings. The second kappa shape index (κ2) is 5.70. The molecule has 2 aromatic rings. The van der Waals surface area contributed by atoms with Crippen molar-refractivity contribution in [3.05, 3.63) is 23.7 Å². The molecule has 0 aromatic carbocycles. The molecule has 3 rings (SSSR count). The number of halogens is 1. The fourth-order valence-electron chi connectivity index (χ4n) is 3.09. The van der Waals surface area contributed by atoms with E-state index in [1.165, 1.54) is 0 Å². The van der Waals surface area contributed by atoms with Crippen LogP contribution in [0.4, 0.5) is 0 Å². The van der Waals surface area contributed by atoms with Crippen LogP contribution < -0.4 is 0 Å². The summed E-state index contributed by atoms with van der Waals surface area (Å²) in [6.45, 7) is 6.02. The Bertz CT molecular complexity index is 604. The standard InChI is InChI=1S/C15H20ClN3O/c1-10-3-6-17-15-14(10)18-13(9-16)19(15)11(2)12-4-7-20-8-5-12/h3,6,11-12H,4-5,7-9H2,1-2H3. The summed E-state index contributed by atoms with van der Waals surface area (Å²) in [4.78, 5) is 9.22. The lowest BCUT2D eigenvalue weighted by Crippen LogP contribution is -2.25. The average Bonchev–Trinajstić information content (AvgIpc) is 2.87. The summed E-state index contributed by atoms with van der Waals surface area (Å²) in [6.07, 6.45) is 4.04. The molecule has 0 spiro atoms. The maximum absolute atomic E-state index is 6.10. The minimum atomic E-state index is 0.354. The molecule has 5 heteroatoms. The Morgan fingerprint density at radius 2 is 2.20 bits per heavy atom. The molecule has 0 radical (unpaired) electrons. The number of rotatable bonds is 3. The fraction of sp³-hybridized carbons (Fsp3) is 0.600. The molecule has 1 atom stereocenters. The normalized spacial score (nSPS) is 18.6. The third-order valence-electron chi connectivity index (χ3n) is 4.33. The number of imidazole rings is 1. The van der Waals surface area contributed by atoms with Crippen molar-refractivity contribution in [3.8, 4) is 0 Å². The van der Waals surface area contributed by atoms with Crippen molar-refractivity contribution >= 4 is 22.8 Å². The van der Waals surface area contributed by atoms with Gasteiger partial charge in [0, 0.05) is 25.5 Å². The van der Waals surface area contributed by atoms with Gasteiger partial charge in [0.1, 0.15) is 11.3 Å². The van der Waals surface area contributed by atoms with Crippen LogP contribution in [-0.4, -0.2) is 27.7 Å². The Balaban J connectivity index is 2.06. The Labute approximate surface area is 124 Å². The van der Waals surface area contributed by atoms with Crippen molar-refractivity contribution in [1.82, 2.24) is 14.5 Å². The molecule has 1 unspecified atom stereocenters. The number of hydrogen-bond acceptors (Lipinski definition) is 3. The first kappa shape index (κ1) is 13.8. The minimum Gasteiger partial charge on any atom is -0.381 e. The van der Waals surface area contributed by atoms with Crippen molar-refractivity contribution in [3.63, 3.8) is 0 Å². The maximum Gasteiger partial charge on any atom is 0.160 e. The number of aromatic nitrogens is 3. The molecular formula is C15H20ClN3O. The number of alkyl halides is 1. The summed E-state index contributed by atoms with van der Waals surface area (Å²) in [5.41, 5.74) is 3.08. The van der Waals surface area contributed by atoms with Crippen LogP contribution in [0.2, 0.25) is 0 Å². The zero-order valence-electron chi connectivity index (χ0n) is 12.0. The topological polar surface area (TPSA) is 39.9 Å². The highest BCUT2D eigenvalue weighted by Crippen LogP contribution is 2.32. The molecule has 0 amide bonds. The van der Waals surface area contributed by atoms with Crippen molar-refractivity contribution in [1.29, 1.82) is 0 Å². The Morgan fingerprint density at radius 3 is 2.90 bits per heavy atom. The van der Waals surface area contributed by atoms with Gasteiger partial charge in [0.2, 0.25) is 0 Å². The molecule has 4 nitrogen and oxygen atoms in total. The number of aryl methyl sites for hydroxylation is 1. The van der Waals surface area contributed by atoms with Crippen molar-refractivity contribution < 1.29 is 4.74 Å². The molecule has 2 aromatic heterocycles. The second-order valence-corrected chi connectivity index (χ2v) is 5.79. The van der Waals surface area contributed by atoms with E-state index in [9.17, 15) is 0 Å². The predicted molar refractivity (Wildman–Crippen MR) is 80.1 cm³/mol. The molecule has 20 heavy (non-hydrogen) atoms. The number of fused-ring (bicyclic) bond motifs is 1. The molecule has 1 saturated heterocycles. The zero-order chi connectivity index (χ0) is 14.1. The summed E-state index contributed by atoms with van der Waals surface area (Å²) in [5, 5.41) is 0. The number of hydrogen-bond donors (Lipinski definition) is 0. The van der Waals surface area contributed by atoms with E-state index >= 15 is 0 Å². The number of nitrogens with zero attached hydrogens (tertiary/aromatic N) is 3. The summed E-state index contributed by atoms with van der Waals surface area (Å²) >= 11 is 6.10. The first-order valence-electron chi connectivity index (χ1n) is 7.18. The smallest absolute Gasteiger partial charge is 0.160 e. The highest BCUT2D eigenvalue weighted by Gasteiger charge is 2.26. The molecule has 0 N–H and O–H groups in total. The molecular weight excluding hydrogens is 274 g/mol. The molecule has 108 valence electrons. The zero-order valence-corrected chi connectivity index (χ0v) is 12.7. The second-order valence-electron chi connectivity index (χ2n) is 5.52. The molecule has 0 aliphatic carbocycles. The first-order valence-corrected chi connectivity index (χ1v) is 7.72. The van der Waals surface area contributed by atoms with Crippen LogP contribution in [0.15, 0.2) is 12.3 Å². The summed E-state index contributed by atoms with van der Waals surface area (Å²) < 4.78 is 7.69. The van der Waals surface area contributed by atoms with Crippen LogP contribution in [0, 0.1) is 12.8 Å². The molecule has 0 saturated carbocycles. The minimum absolute atomic E-state index is 0.354. The van der Waals surface area contributed by atoms with Crippen LogP contribution in [0.3, 0.4) is 0 Å². The largest absolute Gasteiger partial charge is 0.381 e. The quantitative estimate of drug-likeness (QED) is 0.814. The molecule has 1 fully saturated rings.